The Kier molecular flexibility index (Phi) is 3.59. The average Bonchev–Trinajstić information content (AvgIpc) is 3.13. The summed E-state index contributed by atoms with van der Waals surface area (Å²) in [7, 11) is 1.63. The molecule has 0 amide bonds. The molecular formula is C14H18N6O. The van der Waals surface area contributed by atoms with E-state index in [1.165, 1.54) is 0 Å². The summed E-state index contributed by atoms with van der Waals surface area (Å²) < 4.78 is 9.10. The van der Waals surface area contributed by atoms with E-state index in [1.807, 2.05) is 46.7 Å². The SMILES string of the molecule is CCn1ncc(OC)c1C(NN)c1cnn2ccccc12. The van der Waals surface area contributed by atoms with Crippen molar-refractivity contribution in [1.29, 1.82) is 0 Å². The molecule has 1 unspecified atom stereocenters. The largest absolute Gasteiger partial charge is 0.493 e. The van der Waals surface area contributed by atoms with Crippen molar-refractivity contribution in [3.05, 3.63) is 48.0 Å². The van der Waals surface area contributed by atoms with Gasteiger partial charge >= 0.3 is 0 Å². The maximum Gasteiger partial charge on any atom is 0.161 e. The maximum absolute atomic E-state index is 5.81. The molecule has 3 heterocycles. The summed E-state index contributed by atoms with van der Waals surface area (Å²) in [5.41, 5.74) is 5.71. The third-order valence-corrected chi connectivity index (χ3v) is 3.57. The van der Waals surface area contributed by atoms with Crippen LogP contribution in [-0.2, 0) is 6.54 Å². The molecule has 3 rings (SSSR count). The highest BCUT2D eigenvalue weighted by Gasteiger charge is 2.25. The van der Waals surface area contributed by atoms with E-state index in [0.29, 0.717) is 5.75 Å². The van der Waals surface area contributed by atoms with Gasteiger partial charge in [0.25, 0.3) is 0 Å². The maximum atomic E-state index is 5.81. The van der Waals surface area contributed by atoms with Gasteiger partial charge in [-0.3, -0.25) is 10.5 Å². The van der Waals surface area contributed by atoms with Gasteiger partial charge in [-0.25, -0.2) is 9.94 Å². The van der Waals surface area contributed by atoms with Crippen LogP contribution < -0.4 is 16.0 Å². The summed E-state index contributed by atoms with van der Waals surface area (Å²) >= 11 is 0. The first-order chi connectivity index (χ1) is 10.3. The Morgan fingerprint density at radius 3 is 2.90 bits per heavy atom. The summed E-state index contributed by atoms with van der Waals surface area (Å²) in [6.45, 7) is 2.76. The third-order valence-electron chi connectivity index (χ3n) is 3.57. The highest BCUT2D eigenvalue weighted by molar-refractivity contribution is 5.57. The van der Waals surface area contributed by atoms with Crippen molar-refractivity contribution in [3.63, 3.8) is 0 Å². The van der Waals surface area contributed by atoms with E-state index in [0.717, 1.165) is 23.3 Å². The van der Waals surface area contributed by atoms with Crippen LogP contribution in [0.15, 0.2) is 36.8 Å². The van der Waals surface area contributed by atoms with Crippen LogP contribution in [0.3, 0.4) is 0 Å². The Balaban J connectivity index is 2.16. The number of rotatable bonds is 5. The molecule has 1 atom stereocenters. The van der Waals surface area contributed by atoms with Crippen molar-refractivity contribution in [3.8, 4) is 5.75 Å². The van der Waals surface area contributed by atoms with E-state index in [4.69, 9.17) is 10.6 Å². The number of aryl methyl sites for hydroxylation is 1. The molecule has 0 fully saturated rings. The molecule has 0 aromatic carbocycles. The number of nitrogens with one attached hydrogen (secondary N) is 1. The summed E-state index contributed by atoms with van der Waals surface area (Å²) in [6, 6.07) is 5.67. The number of hydrazine groups is 1. The lowest BCUT2D eigenvalue weighted by molar-refractivity contribution is 0.399. The predicted molar refractivity (Wildman–Crippen MR) is 78.8 cm³/mol. The second-order valence-corrected chi connectivity index (χ2v) is 4.64. The molecule has 21 heavy (non-hydrogen) atoms. The van der Waals surface area contributed by atoms with Crippen molar-refractivity contribution in [2.45, 2.75) is 19.5 Å². The molecule has 0 aliphatic heterocycles. The molecular weight excluding hydrogens is 268 g/mol. The molecule has 110 valence electrons. The zero-order valence-corrected chi connectivity index (χ0v) is 12.0. The molecule has 0 saturated carbocycles. The number of nitrogens with zero attached hydrogens (tertiary/aromatic N) is 4. The zero-order chi connectivity index (χ0) is 14.8. The Morgan fingerprint density at radius 1 is 1.33 bits per heavy atom. The minimum Gasteiger partial charge on any atom is -0.493 e. The molecule has 7 nitrogen and oxygen atoms in total. The first-order valence-corrected chi connectivity index (χ1v) is 6.78. The summed E-state index contributed by atoms with van der Waals surface area (Å²) in [5.74, 6) is 6.51. The smallest absolute Gasteiger partial charge is 0.161 e. The third kappa shape index (κ3) is 2.16. The van der Waals surface area contributed by atoms with Gasteiger partial charge in [-0.05, 0) is 19.1 Å². The minimum absolute atomic E-state index is 0.248. The lowest BCUT2D eigenvalue weighted by Gasteiger charge is -2.18. The number of nitrogens with two attached hydrogens (primary N) is 1. The Hall–Kier alpha value is -2.38. The van der Waals surface area contributed by atoms with Crippen molar-refractivity contribution >= 4 is 5.52 Å². The first kappa shape index (κ1) is 13.6. The van der Waals surface area contributed by atoms with Crippen LogP contribution in [0.2, 0.25) is 0 Å². The highest BCUT2D eigenvalue weighted by Crippen LogP contribution is 2.31. The lowest BCUT2D eigenvalue weighted by atomic mass is 10.1. The van der Waals surface area contributed by atoms with Crippen molar-refractivity contribution < 1.29 is 4.74 Å². The molecule has 0 aliphatic rings. The van der Waals surface area contributed by atoms with Crippen molar-refractivity contribution in [2.24, 2.45) is 5.84 Å². The van der Waals surface area contributed by atoms with Gasteiger partial charge in [-0.15, -0.1) is 0 Å². The van der Waals surface area contributed by atoms with Gasteiger partial charge in [-0.2, -0.15) is 10.2 Å². The van der Waals surface area contributed by atoms with E-state index in [1.54, 1.807) is 13.3 Å². The number of pyridine rings is 1. The fourth-order valence-corrected chi connectivity index (χ4v) is 2.57. The van der Waals surface area contributed by atoms with Gasteiger partial charge in [0.2, 0.25) is 0 Å². The number of hydrogen-bond acceptors (Lipinski definition) is 5. The summed E-state index contributed by atoms with van der Waals surface area (Å²) in [4.78, 5) is 0. The van der Waals surface area contributed by atoms with Gasteiger partial charge in [0.15, 0.2) is 5.75 Å². The van der Waals surface area contributed by atoms with E-state index >= 15 is 0 Å². The van der Waals surface area contributed by atoms with E-state index in [2.05, 4.69) is 15.6 Å². The van der Waals surface area contributed by atoms with Crippen molar-refractivity contribution in [1.82, 2.24) is 24.8 Å². The van der Waals surface area contributed by atoms with Crippen molar-refractivity contribution in [2.75, 3.05) is 7.11 Å². The fraction of sp³-hybridized carbons (Fsp3) is 0.286. The highest BCUT2D eigenvalue weighted by atomic mass is 16.5. The Bertz CT molecular complexity index is 725. The Labute approximate surface area is 122 Å². The Morgan fingerprint density at radius 2 is 2.19 bits per heavy atom. The van der Waals surface area contributed by atoms with Crippen LogP contribution in [0.1, 0.15) is 24.2 Å². The van der Waals surface area contributed by atoms with Gasteiger partial charge in [0.1, 0.15) is 5.69 Å². The topological polar surface area (TPSA) is 82.4 Å². The minimum atomic E-state index is -0.248. The molecule has 7 heteroatoms. The molecule has 0 aliphatic carbocycles. The number of aromatic nitrogens is 4. The molecule has 0 radical (unpaired) electrons. The van der Waals surface area contributed by atoms with Crippen LogP contribution in [0, 0.1) is 0 Å². The second kappa shape index (κ2) is 5.55. The molecule has 3 aromatic heterocycles. The molecule has 0 spiro atoms. The van der Waals surface area contributed by atoms with Crippen LogP contribution >= 0.6 is 0 Å². The number of fused-ring (bicyclic) bond motifs is 1. The standard InChI is InChI=1S/C14H18N6O/c1-3-19-14(12(21-2)9-17-19)13(18-15)10-8-16-20-7-5-4-6-11(10)20/h4-9,13,18H,3,15H2,1-2H3. The van der Waals surface area contributed by atoms with E-state index < -0.39 is 0 Å². The first-order valence-electron chi connectivity index (χ1n) is 6.78. The van der Waals surface area contributed by atoms with E-state index in [-0.39, 0.29) is 6.04 Å². The summed E-state index contributed by atoms with van der Waals surface area (Å²) in [5, 5.41) is 8.69. The number of hydrogen-bond donors (Lipinski definition) is 2. The molecule has 0 saturated heterocycles. The summed E-state index contributed by atoms with van der Waals surface area (Å²) in [6.07, 6.45) is 5.42. The molecule has 3 aromatic rings. The monoisotopic (exact) mass is 286 g/mol. The van der Waals surface area contributed by atoms with Gasteiger partial charge in [0.05, 0.1) is 31.1 Å². The predicted octanol–water partition coefficient (Wildman–Crippen LogP) is 1.11. The average molecular weight is 286 g/mol. The molecule has 3 N–H and O–H groups in total. The lowest BCUT2D eigenvalue weighted by Crippen LogP contribution is -2.31. The number of ether oxygens (including phenoxy) is 1. The van der Waals surface area contributed by atoms with Crippen LogP contribution in [0.25, 0.3) is 5.52 Å². The van der Waals surface area contributed by atoms with Gasteiger partial charge in [-0.1, -0.05) is 6.07 Å². The second-order valence-electron chi connectivity index (χ2n) is 4.64. The normalized spacial score (nSPS) is 12.7. The van der Waals surface area contributed by atoms with E-state index in [9.17, 15) is 0 Å². The van der Waals surface area contributed by atoms with Crippen LogP contribution in [0.4, 0.5) is 0 Å². The fourth-order valence-electron chi connectivity index (χ4n) is 2.57. The van der Waals surface area contributed by atoms with Gasteiger partial charge in [0, 0.05) is 18.3 Å². The van der Waals surface area contributed by atoms with Crippen LogP contribution in [-0.4, -0.2) is 26.5 Å². The van der Waals surface area contributed by atoms with Gasteiger partial charge < -0.3 is 4.74 Å². The zero-order valence-electron chi connectivity index (χ0n) is 12.0. The quantitative estimate of drug-likeness (QED) is 0.542. The van der Waals surface area contributed by atoms with Crippen LogP contribution in [0.5, 0.6) is 5.75 Å². The molecule has 0 bridgehead atoms. The number of methoxy groups -OCH3 is 1.